The maximum absolute atomic E-state index is 13.1. The monoisotopic (exact) mass is 196 g/mol. The predicted molar refractivity (Wildman–Crippen MR) is 39.7 cm³/mol. The van der Waals surface area contributed by atoms with Crippen LogP contribution in [0.4, 0.5) is 4.39 Å². The van der Waals surface area contributed by atoms with E-state index in [1.165, 1.54) is 7.11 Å². The summed E-state index contributed by atoms with van der Waals surface area (Å²) in [6.45, 7) is -0.520. The van der Waals surface area contributed by atoms with Gasteiger partial charge in [-0.2, -0.15) is 0 Å². The summed E-state index contributed by atoms with van der Waals surface area (Å²) in [6, 6.07) is 0. The van der Waals surface area contributed by atoms with Gasteiger partial charge in [0.1, 0.15) is 18.3 Å². The summed E-state index contributed by atoms with van der Waals surface area (Å²) in [5.74, 6) is 0. The predicted octanol–water partition coefficient (Wildman–Crippen LogP) is -1.59. The van der Waals surface area contributed by atoms with Crippen molar-refractivity contribution in [3.63, 3.8) is 0 Å². The van der Waals surface area contributed by atoms with Crippen molar-refractivity contribution in [3.8, 4) is 0 Å². The molecule has 0 aromatic heterocycles. The van der Waals surface area contributed by atoms with Crippen molar-refractivity contribution in [2.45, 2.75) is 30.8 Å². The van der Waals surface area contributed by atoms with Crippen LogP contribution in [0.25, 0.3) is 0 Å². The molecule has 0 aliphatic carbocycles. The highest BCUT2D eigenvalue weighted by Crippen LogP contribution is 2.23. The second kappa shape index (κ2) is 4.30. The van der Waals surface area contributed by atoms with Crippen LogP contribution in [0.3, 0.4) is 0 Å². The Balaban J connectivity index is 2.66. The maximum atomic E-state index is 13.1. The zero-order valence-corrected chi connectivity index (χ0v) is 7.13. The molecule has 1 aliphatic rings. The van der Waals surface area contributed by atoms with Gasteiger partial charge in [0.15, 0.2) is 12.5 Å². The van der Waals surface area contributed by atoms with Crippen LogP contribution in [0.5, 0.6) is 0 Å². The summed E-state index contributed by atoms with van der Waals surface area (Å²) in [5, 5.41) is 27.0. The van der Waals surface area contributed by atoms with E-state index in [1.807, 2.05) is 0 Å². The van der Waals surface area contributed by atoms with Crippen molar-refractivity contribution >= 4 is 0 Å². The molecule has 1 rings (SSSR count). The second-order valence-corrected chi connectivity index (χ2v) is 2.89. The first-order chi connectivity index (χ1) is 6.11. The summed E-state index contributed by atoms with van der Waals surface area (Å²) in [6.07, 6.45) is -7.11. The Bertz CT molecular complexity index is 147. The topological polar surface area (TPSA) is 79.2 Å². The van der Waals surface area contributed by atoms with E-state index in [0.717, 1.165) is 0 Å². The summed E-state index contributed by atoms with van der Waals surface area (Å²) >= 11 is 0. The zero-order chi connectivity index (χ0) is 10.0. The van der Waals surface area contributed by atoms with Gasteiger partial charge in [0.2, 0.25) is 0 Å². The van der Waals surface area contributed by atoms with E-state index in [9.17, 15) is 4.39 Å². The lowest BCUT2D eigenvalue weighted by Gasteiger charge is -2.37. The first-order valence-corrected chi connectivity index (χ1v) is 3.91. The van der Waals surface area contributed by atoms with Crippen LogP contribution in [-0.4, -0.2) is 59.8 Å². The van der Waals surface area contributed by atoms with E-state index in [-0.39, 0.29) is 0 Å². The molecule has 5 nitrogen and oxygen atoms in total. The highest BCUT2D eigenvalue weighted by molar-refractivity contribution is 4.88. The molecule has 0 aromatic rings. The lowest BCUT2D eigenvalue weighted by atomic mass is 10.0. The minimum absolute atomic E-state index is 0.520. The van der Waals surface area contributed by atoms with Crippen LogP contribution in [0, 0.1) is 0 Å². The van der Waals surface area contributed by atoms with Crippen molar-refractivity contribution in [2.24, 2.45) is 0 Å². The molecule has 0 spiro atoms. The molecule has 0 aromatic carbocycles. The Hall–Kier alpha value is -0.270. The molecule has 6 heteroatoms. The minimum Gasteiger partial charge on any atom is -0.394 e. The Morgan fingerprint density at radius 1 is 1.38 bits per heavy atom. The second-order valence-electron chi connectivity index (χ2n) is 2.89. The molecule has 78 valence electrons. The van der Waals surface area contributed by atoms with Crippen LogP contribution < -0.4 is 0 Å². The summed E-state index contributed by atoms with van der Waals surface area (Å²) in [4.78, 5) is 0. The van der Waals surface area contributed by atoms with Gasteiger partial charge in [-0.1, -0.05) is 0 Å². The van der Waals surface area contributed by atoms with Crippen molar-refractivity contribution in [1.82, 2.24) is 0 Å². The normalized spacial score (nSPS) is 46.4. The number of aliphatic hydroxyl groups is 3. The number of rotatable bonds is 2. The minimum atomic E-state index is -1.86. The number of hydrogen-bond donors (Lipinski definition) is 3. The first-order valence-electron chi connectivity index (χ1n) is 3.91. The van der Waals surface area contributed by atoms with Crippen LogP contribution in [-0.2, 0) is 9.47 Å². The highest BCUT2D eigenvalue weighted by Gasteiger charge is 2.44. The summed E-state index contributed by atoms with van der Waals surface area (Å²) < 4.78 is 22.6. The van der Waals surface area contributed by atoms with Crippen molar-refractivity contribution < 1.29 is 29.2 Å². The number of hydrogen-bond acceptors (Lipinski definition) is 5. The molecule has 0 saturated carbocycles. The molecule has 1 fully saturated rings. The SMILES string of the molecule is CO[C@@H]1O[C@H](CO)[C@H](O)[C@H](F)[C@H]1O. The molecule has 0 bridgehead atoms. The van der Waals surface area contributed by atoms with Gasteiger partial charge in [0, 0.05) is 7.11 Å². The Labute approximate surface area is 74.7 Å². The first kappa shape index (κ1) is 10.8. The van der Waals surface area contributed by atoms with Gasteiger partial charge in [-0.3, -0.25) is 0 Å². The zero-order valence-electron chi connectivity index (χ0n) is 7.13. The van der Waals surface area contributed by atoms with Crippen molar-refractivity contribution in [2.75, 3.05) is 13.7 Å². The third-order valence-electron chi connectivity index (χ3n) is 2.03. The quantitative estimate of drug-likeness (QED) is 0.496. The maximum Gasteiger partial charge on any atom is 0.186 e. The lowest BCUT2D eigenvalue weighted by Crippen LogP contribution is -2.57. The average Bonchev–Trinajstić information content (AvgIpc) is 2.15. The standard InChI is InChI=1S/C7H13FO5/c1-12-7-6(11)4(8)5(10)3(2-9)13-7/h3-7,9-11H,2H2,1H3/t3-,4+,5+,6-,7-/m1/s1. The largest absolute Gasteiger partial charge is 0.394 e. The summed E-state index contributed by atoms with van der Waals surface area (Å²) in [7, 11) is 1.24. The van der Waals surface area contributed by atoms with Crippen LogP contribution in [0.2, 0.25) is 0 Å². The number of aliphatic hydroxyl groups excluding tert-OH is 3. The number of alkyl halides is 1. The molecule has 1 saturated heterocycles. The molecule has 3 N–H and O–H groups in total. The fourth-order valence-corrected chi connectivity index (χ4v) is 1.24. The van der Waals surface area contributed by atoms with E-state index in [0.29, 0.717) is 0 Å². The van der Waals surface area contributed by atoms with Crippen molar-refractivity contribution in [3.05, 3.63) is 0 Å². The van der Waals surface area contributed by atoms with Crippen LogP contribution in [0.1, 0.15) is 0 Å². The molecule has 13 heavy (non-hydrogen) atoms. The van der Waals surface area contributed by atoms with Crippen LogP contribution in [0.15, 0.2) is 0 Å². The molecule has 1 heterocycles. The molecule has 0 unspecified atom stereocenters. The fourth-order valence-electron chi connectivity index (χ4n) is 1.24. The smallest absolute Gasteiger partial charge is 0.186 e. The van der Waals surface area contributed by atoms with Crippen molar-refractivity contribution in [1.29, 1.82) is 0 Å². The lowest BCUT2D eigenvalue weighted by molar-refractivity contribution is -0.283. The van der Waals surface area contributed by atoms with E-state index >= 15 is 0 Å². The van der Waals surface area contributed by atoms with Gasteiger partial charge in [0.05, 0.1) is 6.61 Å². The van der Waals surface area contributed by atoms with E-state index < -0.39 is 37.4 Å². The molecular weight excluding hydrogens is 183 g/mol. The van der Waals surface area contributed by atoms with E-state index in [2.05, 4.69) is 4.74 Å². The summed E-state index contributed by atoms with van der Waals surface area (Å²) in [5.41, 5.74) is 0. The van der Waals surface area contributed by atoms with Gasteiger partial charge >= 0.3 is 0 Å². The Morgan fingerprint density at radius 3 is 2.46 bits per heavy atom. The Morgan fingerprint density at radius 2 is 2.00 bits per heavy atom. The molecule has 1 aliphatic heterocycles. The third kappa shape index (κ3) is 1.97. The van der Waals surface area contributed by atoms with E-state index in [4.69, 9.17) is 20.1 Å². The van der Waals surface area contributed by atoms with Gasteiger partial charge in [-0.05, 0) is 0 Å². The van der Waals surface area contributed by atoms with Gasteiger partial charge in [-0.25, -0.2) is 4.39 Å². The number of methoxy groups -OCH3 is 1. The average molecular weight is 196 g/mol. The van der Waals surface area contributed by atoms with Gasteiger partial charge < -0.3 is 24.8 Å². The van der Waals surface area contributed by atoms with Gasteiger partial charge in [-0.15, -0.1) is 0 Å². The molecule has 0 amide bonds. The van der Waals surface area contributed by atoms with Gasteiger partial charge in [0.25, 0.3) is 0 Å². The number of ether oxygens (including phenoxy) is 2. The van der Waals surface area contributed by atoms with E-state index in [1.54, 1.807) is 0 Å². The molecule has 5 atom stereocenters. The molecule has 0 radical (unpaired) electrons. The molecular formula is C7H13FO5. The fraction of sp³-hybridized carbons (Fsp3) is 1.00. The third-order valence-corrected chi connectivity index (χ3v) is 2.03. The number of halogens is 1. The van der Waals surface area contributed by atoms with Crippen LogP contribution >= 0.6 is 0 Å². The Kier molecular flexibility index (Phi) is 3.57. The highest BCUT2D eigenvalue weighted by atomic mass is 19.1.